The molecule has 0 aliphatic carbocycles. The van der Waals surface area contributed by atoms with Gasteiger partial charge in [0.2, 0.25) is 0 Å². The normalized spacial score (nSPS) is 9.80. The van der Waals surface area contributed by atoms with E-state index in [1.54, 1.807) is 0 Å². The first-order chi connectivity index (χ1) is 13.5. The molecule has 0 saturated heterocycles. The van der Waals surface area contributed by atoms with Crippen LogP contribution in [0.15, 0.2) is 0 Å². The zero-order chi connectivity index (χ0) is 25.8. The van der Waals surface area contributed by atoms with Crippen molar-refractivity contribution in [1.29, 1.82) is 0 Å². The first-order valence-electron chi connectivity index (χ1n) is 13.5. The predicted octanol–water partition coefficient (Wildman–Crippen LogP) is 12.5. The molecule has 0 aliphatic heterocycles. The lowest BCUT2D eigenvalue weighted by molar-refractivity contribution is 0.469. The molecule has 0 bridgehead atoms. The summed E-state index contributed by atoms with van der Waals surface area (Å²) >= 11 is 0. The zero-order valence-corrected chi connectivity index (χ0v) is 25.8. The Bertz CT molecular complexity index is 206. The van der Waals surface area contributed by atoms with Crippen molar-refractivity contribution in [2.45, 2.75) is 170 Å². The second kappa shape index (κ2) is 36.4. The summed E-state index contributed by atoms with van der Waals surface area (Å²) in [7, 11) is 0. The summed E-state index contributed by atoms with van der Waals surface area (Å²) in [5, 5.41) is 0. The van der Waals surface area contributed by atoms with Gasteiger partial charge in [-0.05, 0) is 29.1 Å². The molecule has 0 aromatic rings. The van der Waals surface area contributed by atoms with Gasteiger partial charge in [-0.15, -0.1) is 0 Å². The van der Waals surface area contributed by atoms with E-state index in [4.69, 9.17) is 0 Å². The van der Waals surface area contributed by atoms with Crippen LogP contribution in [0, 0.1) is 29.1 Å². The van der Waals surface area contributed by atoms with Crippen molar-refractivity contribution in [3.63, 3.8) is 0 Å². The first kappa shape index (κ1) is 43.8. The third kappa shape index (κ3) is 204. The van der Waals surface area contributed by atoms with E-state index in [0.717, 1.165) is 23.7 Å². The maximum atomic E-state index is 2.29. The van der Waals surface area contributed by atoms with Gasteiger partial charge < -0.3 is 0 Å². The fourth-order valence-electron chi connectivity index (χ4n) is 1.38. The second-order valence-electron chi connectivity index (χ2n) is 11.6. The van der Waals surface area contributed by atoms with Crippen molar-refractivity contribution in [3.8, 4) is 0 Å². The topological polar surface area (TPSA) is 0 Å². The van der Waals surface area contributed by atoms with Gasteiger partial charge in [-0.25, -0.2) is 0 Å². The average molecular weight is 433 g/mol. The Morgan fingerprint density at radius 3 is 0.867 bits per heavy atom. The highest BCUT2D eigenvalue weighted by Crippen LogP contribution is 2.08. The lowest BCUT2D eigenvalue weighted by Gasteiger charge is -2.05. The standard InChI is InChI=1S/C8H18.C6H14.2C5H12.C4H10.C2H6/c1-4-5-6-7-8(2)3;1-4-5-6(2)3;1-5(2,3)4;1-4-5(2)3;1-4(2)3;1-2/h8H,4-7H2,1-3H3;6H,4-5H2,1-3H3;1-4H3;5H,4H2,1-3H3;4H,1-3H3;1-2H3. The lowest BCUT2D eigenvalue weighted by atomic mass is 10.0. The molecular formula is C30H72. The molecule has 0 heteroatoms. The fourth-order valence-corrected chi connectivity index (χ4v) is 1.38. The Morgan fingerprint density at radius 1 is 0.500 bits per heavy atom. The van der Waals surface area contributed by atoms with Gasteiger partial charge in [0.05, 0.1) is 0 Å². The third-order valence-electron chi connectivity index (χ3n) is 3.07. The molecular weight excluding hydrogens is 360 g/mol. The molecule has 0 amide bonds. The van der Waals surface area contributed by atoms with E-state index < -0.39 is 0 Å². The average Bonchev–Trinajstić information content (AvgIpc) is 2.55. The lowest BCUT2D eigenvalue weighted by Crippen LogP contribution is -1.93. The maximum absolute atomic E-state index is 2.29. The van der Waals surface area contributed by atoms with Crippen LogP contribution in [0.25, 0.3) is 0 Å². The molecule has 0 nitrogen and oxygen atoms in total. The molecule has 0 atom stereocenters. The quantitative estimate of drug-likeness (QED) is 0.351. The van der Waals surface area contributed by atoms with Gasteiger partial charge in [-0.2, -0.15) is 0 Å². The van der Waals surface area contributed by atoms with Gasteiger partial charge in [0, 0.05) is 0 Å². The number of rotatable bonds is 7. The molecule has 0 unspecified atom stereocenters. The van der Waals surface area contributed by atoms with E-state index in [-0.39, 0.29) is 0 Å². The Balaban J connectivity index is -0.0000000599. The summed E-state index contributed by atoms with van der Waals surface area (Å²) in [4.78, 5) is 0. The van der Waals surface area contributed by atoms with Crippen LogP contribution < -0.4 is 0 Å². The summed E-state index contributed by atoms with van der Waals surface area (Å²) in [6.07, 6.45) is 9.62. The van der Waals surface area contributed by atoms with Crippen LogP contribution in [-0.2, 0) is 0 Å². The minimum absolute atomic E-state index is 0.500. The van der Waals surface area contributed by atoms with Crippen LogP contribution in [0.2, 0.25) is 0 Å². The molecule has 0 saturated carbocycles. The van der Waals surface area contributed by atoms with Crippen LogP contribution >= 0.6 is 0 Å². The Morgan fingerprint density at radius 2 is 0.767 bits per heavy atom. The van der Waals surface area contributed by atoms with Crippen molar-refractivity contribution >= 4 is 0 Å². The molecule has 0 heterocycles. The predicted molar refractivity (Wildman–Crippen MR) is 151 cm³/mol. The molecule has 0 fully saturated rings. The molecule has 0 rings (SSSR count). The van der Waals surface area contributed by atoms with Crippen molar-refractivity contribution in [2.24, 2.45) is 29.1 Å². The molecule has 0 N–H and O–H groups in total. The van der Waals surface area contributed by atoms with Crippen LogP contribution in [0.5, 0.6) is 0 Å². The molecule has 192 valence electrons. The Labute approximate surface area is 198 Å². The van der Waals surface area contributed by atoms with E-state index in [2.05, 4.69) is 111 Å². The summed E-state index contributed by atoms with van der Waals surface area (Å²) in [5.41, 5.74) is 0.500. The molecule has 0 aromatic carbocycles. The van der Waals surface area contributed by atoms with E-state index in [1.807, 2.05) is 13.8 Å². The minimum Gasteiger partial charge on any atom is -0.0683 e. The van der Waals surface area contributed by atoms with Crippen molar-refractivity contribution in [1.82, 2.24) is 0 Å². The molecule has 30 heavy (non-hydrogen) atoms. The van der Waals surface area contributed by atoms with Gasteiger partial charge in [0.15, 0.2) is 0 Å². The summed E-state index contributed by atoms with van der Waals surface area (Å²) in [6.45, 7) is 39.4. The summed E-state index contributed by atoms with van der Waals surface area (Å²) < 4.78 is 0. The van der Waals surface area contributed by atoms with Gasteiger partial charge in [-0.3, -0.25) is 0 Å². The van der Waals surface area contributed by atoms with Crippen LogP contribution in [0.3, 0.4) is 0 Å². The van der Waals surface area contributed by atoms with Gasteiger partial charge in [0.25, 0.3) is 0 Å². The van der Waals surface area contributed by atoms with Crippen LogP contribution in [-0.4, -0.2) is 0 Å². The Hall–Kier alpha value is 0. The number of unbranched alkanes of at least 4 members (excludes halogenated alkanes) is 2. The summed E-state index contributed by atoms with van der Waals surface area (Å²) in [6, 6.07) is 0. The highest BCUT2D eigenvalue weighted by molar-refractivity contribution is 4.47. The van der Waals surface area contributed by atoms with Gasteiger partial charge in [0.1, 0.15) is 0 Å². The van der Waals surface area contributed by atoms with E-state index >= 15 is 0 Å². The number of hydrogen-bond acceptors (Lipinski definition) is 0. The molecule has 0 radical (unpaired) electrons. The van der Waals surface area contributed by atoms with Gasteiger partial charge >= 0.3 is 0 Å². The first-order valence-corrected chi connectivity index (χ1v) is 13.5. The summed E-state index contributed by atoms with van der Waals surface area (Å²) in [5.74, 6) is 3.52. The zero-order valence-electron chi connectivity index (χ0n) is 25.8. The smallest absolute Gasteiger partial charge is 0.0411 e. The number of hydrogen-bond donors (Lipinski definition) is 0. The second-order valence-corrected chi connectivity index (χ2v) is 11.6. The fraction of sp³-hybridized carbons (Fsp3) is 1.00. The van der Waals surface area contributed by atoms with Crippen molar-refractivity contribution < 1.29 is 0 Å². The van der Waals surface area contributed by atoms with Crippen LogP contribution in [0.1, 0.15) is 170 Å². The minimum atomic E-state index is 0.500. The van der Waals surface area contributed by atoms with Crippen molar-refractivity contribution in [2.75, 3.05) is 0 Å². The van der Waals surface area contributed by atoms with E-state index in [1.165, 1.54) is 44.9 Å². The SMILES string of the molecule is CC.CC(C)(C)C.CC(C)C.CCC(C)C.CCCC(C)C.CCCCCC(C)C. The van der Waals surface area contributed by atoms with Gasteiger partial charge in [-0.1, -0.05) is 170 Å². The van der Waals surface area contributed by atoms with Crippen LogP contribution in [0.4, 0.5) is 0 Å². The van der Waals surface area contributed by atoms with E-state index in [9.17, 15) is 0 Å². The molecule has 0 aromatic heterocycles. The largest absolute Gasteiger partial charge is 0.0683 e. The molecule has 0 spiro atoms. The Kier molecular flexibility index (Phi) is 53.1. The van der Waals surface area contributed by atoms with Crippen molar-refractivity contribution in [3.05, 3.63) is 0 Å². The highest BCUT2D eigenvalue weighted by atomic mass is 14.0. The molecule has 0 aliphatic rings. The third-order valence-corrected chi connectivity index (χ3v) is 3.07. The van der Waals surface area contributed by atoms with E-state index in [0.29, 0.717) is 5.41 Å². The monoisotopic (exact) mass is 433 g/mol. The highest BCUT2D eigenvalue weighted by Gasteiger charge is 1.95. The maximum Gasteiger partial charge on any atom is -0.0411 e.